The second-order valence-corrected chi connectivity index (χ2v) is 5.74. The molecule has 1 amide bonds. The predicted octanol–water partition coefficient (Wildman–Crippen LogP) is 0.0856. The van der Waals surface area contributed by atoms with Gasteiger partial charge in [0.25, 0.3) is 5.56 Å². The predicted molar refractivity (Wildman–Crippen MR) is 81.2 cm³/mol. The zero-order valence-electron chi connectivity index (χ0n) is 12.0. The molecule has 21 heavy (non-hydrogen) atoms. The molecule has 8 heteroatoms. The first-order chi connectivity index (χ1) is 9.79. The first kappa shape index (κ1) is 17.4. The summed E-state index contributed by atoms with van der Waals surface area (Å²) in [7, 11) is 3.67. The molecule has 0 saturated heterocycles. The molecule has 0 saturated carbocycles. The first-order valence-electron chi connectivity index (χ1n) is 6.30. The summed E-state index contributed by atoms with van der Waals surface area (Å²) in [5, 5.41) is 8.88. The van der Waals surface area contributed by atoms with Crippen LogP contribution in [0.2, 0.25) is 0 Å². The number of aromatic nitrogens is 1. The number of carbonyl (C=O) groups is 2. The lowest BCUT2D eigenvalue weighted by Gasteiger charge is -2.23. The van der Waals surface area contributed by atoms with E-state index in [9.17, 15) is 14.4 Å². The van der Waals surface area contributed by atoms with Crippen molar-refractivity contribution in [2.45, 2.75) is 6.54 Å². The van der Waals surface area contributed by atoms with Crippen molar-refractivity contribution < 1.29 is 14.7 Å². The average Bonchev–Trinajstić information content (AvgIpc) is 2.38. The zero-order chi connectivity index (χ0) is 16.0. The van der Waals surface area contributed by atoms with E-state index in [1.165, 1.54) is 21.7 Å². The highest BCUT2D eigenvalue weighted by molar-refractivity contribution is 9.10. The van der Waals surface area contributed by atoms with Crippen LogP contribution in [-0.4, -0.2) is 65.1 Å². The highest BCUT2D eigenvalue weighted by atomic mass is 79.9. The number of hydrogen-bond acceptors (Lipinski definition) is 4. The summed E-state index contributed by atoms with van der Waals surface area (Å²) in [6, 6.07) is 2.93. The highest BCUT2D eigenvalue weighted by Crippen LogP contribution is 2.05. The lowest BCUT2D eigenvalue weighted by atomic mass is 10.4. The second kappa shape index (κ2) is 7.94. The van der Waals surface area contributed by atoms with Gasteiger partial charge in [0.2, 0.25) is 5.91 Å². The summed E-state index contributed by atoms with van der Waals surface area (Å²) >= 11 is 3.23. The maximum atomic E-state index is 12.2. The summed E-state index contributed by atoms with van der Waals surface area (Å²) < 4.78 is 1.92. The third-order valence-electron chi connectivity index (χ3n) is 2.75. The fourth-order valence-corrected chi connectivity index (χ4v) is 2.03. The van der Waals surface area contributed by atoms with Gasteiger partial charge in [-0.15, -0.1) is 0 Å². The first-order valence-corrected chi connectivity index (χ1v) is 7.09. The fraction of sp³-hybridized carbons (Fsp3) is 0.462. The summed E-state index contributed by atoms with van der Waals surface area (Å²) in [6.07, 6.45) is 1.51. The molecular formula is C13H18BrN3O4. The molecule has 1 aromatic rings. The number of pyridine rings is 1. The molecule has 0 unspecified atom stereocenters. The van der Waals surface area contributed by atoms with E-state index in [1.807, 2.05) is 19.0 Å². The Morgan fingerprint density at radius 1 is 1.29 bits per heavy atom. The third-order valence-corrected chi connectivity index (χ3v) is 3.22. The number of amides is 1. The number of rotatable bonds is 7. The zero-order valence-corrected chi connectivity index (χ0v) is 13.5. The molecule has 0 radical (unpaired) electrons. The molecule has 7 nitrogen and oxygen atoms in total. The van der Waals surface area contributed by atoms with Gasteiger partial charge in [-0.3, -0.25) is 14.4 Å². The number of halogens is 1. The van der Waals surface area contributed by atoms with Crippen molar-refractivity contribution in [2.24, 2.45) is 0 Å². The van der Waals surface area contributed by atoms with Gasteiger partial charge in [-0.25, -0.2) is 0 Å². The lowest BCUT2D eigenvalue weighted by molar-refractivity contribution is -0.144. The van der Waals surface area contributed by atoms with E-state index in [-0.39, 0.29) is 18.6 Å². The standard InChI is InChI=1S/C13H18BrN3O4/c1-15(2)5-6-16(9-13(20)21)12(19)8-17-7-10(14)3-4-11(17)18/h3-4,7H,5-6,8-9H2,1-2H3,(H,20,21). The van der Waals surface area contributed by atoms with E-state index in [0.29, 0.717) is 17.6 Å². The number of carboxylic acids is 1. The monoisotopic (exact) mass is 359 g/mol. The van der Waals surface area contributed by atoms with Crippen LogP contribution in [0.25, 0.3) is 0 Å². The molecule has 116 valence electrons. The van der Waals surface area contributed by atoms with Gasteiger partial charge in [-0.05, 0) is 36.1 Å². The molecule has 0 fully saturated rings. The van der Waals surface area contributed by atoms with E-state index in [4.69, 9.17) is 5.11 Å². The van der Waals surface area contributed by atoms with Crippen LogP contribution < -0.4 is 5.56 Å². The molecule has 1 rings (SSSR count). The van der Waals surface area contributed by atoms with E-state index in [0.717, 1.165) is 0 Å². The van der Waals surface area contributed by atoms with Gasteiger partial charge in [0.1, 0.15) is 13.1 Å². The van der Waals surface area contributed by atoms with Crippen LogP contribution in [0.15, 0.2) is 27.6 Å². The number of carboxylic acid groups (broad SMARTS) is 1. The summed E-state index contributed by atoms with van der Waals surface area (Å²) in [5.41, 5.74) is -0.311. The fourth-order valence-electron chi connectivity index (χ4n) is 1.65. The van der Waals surface area contributed by atoms with E-state index in [2.05, 4.69) is 15.9 Å². The Morgan fingerprint density at radius 2 is 1.95 bits per heavy atom. The maximum absolute atomic E-state index is 12.2. The lowest BCUT2D eigenvalue weighted by Crippen LogP contribution is -2.42. The van der Waals surface area contributed by atoms with Crippen molar-refractivity contribution in [3.05, 3.63) is 33.2 Å². The molecule has 0 aliphatic heterocycles. The summed E-state index contributed by atoms with van der Waals surface area (Å²) in [6.45, 7) is 0.279. The number of hydrogen-bond donors (Lipinski definition) is 1. The van der Waals surface area contributed by atoms with Crippen LogP contribution in [0, 0.1) is 0 Å². The topological polar surface area (TPSA) is 82.8 Å². The molecule has 0 spiro atoms. The quantitative estimate of drug-likeness (QED) is 0.745. The normalized spacial score (nSPS) is 10.7. The minimum absolute atomic E-state index is 0.182. The number of nitrogens with zero attached hydrogens (tertiary/aromatic N) is 3. The van der Waals surface area contributed by atoms with Gasteiger partial charge in [0, 0.05) is 29.8 Å². The Balaban J connectivity index is 2.82. The van der Waals surface area contributed by atoms with Crippen molar-refractivity contribution >= 4 is 27.8 Å². The molecular weight excluding hydrogens is 342 g/mol. The number of aliphatic carboxylic acids is 1. The summed E-state index contributed by atoms with van der Waals surface area (Å²) in [4.78, 5) is 37.8. The number of likely N-dealkylation sites (N-methyl/N-ethyl adjacent to an activating group) is 1. The number of carbonyl (C=O) groups excluding carboxylic acids is 1. The Morgan fingerprint density at radius 3 is 2.52 bits per heavy atom. The van der Waals surface area contributed by atoms with Crippen LogP contribution in [0.3, 0.4) is 0 Å². The highest BCUT2D eigenvalue weighted by Gasteiger charge is 2.17. The molecule has 0 aliphatic rings. The van der Waals surface area contributed by atoms with Crippen LogP contribution in [0.1, 0.15) is 0 Å². The van der Waals surface area contributed by atoms with Gasteiger partial charge in [-0.2, -0.15) is 0 Å². The van der Waals surface area contributed by atoms with Crippen LogP contribution in [0.4, 0.5) is 0 Å². The van der Waals surface area contributed by atoms with Crippen molar-refractivity contribution in [1.29, 1.82) is 0 Å². The Bertz CT molecular complexity index is 571. The van der Waals surface area contributed by atoms with Crippen LogP contribution in [0.5, 0.6) is 0 Å². The molecule has 0 aliphatic carbocycles. The van der Waals surface area contributed by atoms with Gasteiger partial charge in [0.15, 0.2) is 0 Å². The average molecular weight is 360 g/mol. The Kier molecular flexibility index (Phi) is 6.57. The second-order valence-electron chi connectivity index (χ2n) is 4.83. The molecule has 1 heterocycles. The Labute approximate surface area is 130 Å². The van der Waals surface area contributed by atoms with Crippen molar-refractivity contribution in [1.82, 2.24) is 14.4 Å². The molecule has 0 aromatic carbocycles. The van der Waals surface area contributed by atoms with Gasteiger partial charge < -0.3 is 19.5 Å². The third kappa shape index (κ3) is 6.09. The van der Waals surface area contributed by atoms with Crippen molar-refractivity contribution in [2.75, 3.05) is 33.7 Å². The molecule has 0 atom stereocenters. The van der Waals surface area contributed by atoms with E-state index in [1.54, 1.807) is 6.07 Å². The Hall–Kier alpha value is -1.67. The van der Waals surface area contributed by atoms with Gasteiger partial charge in [0.05, 0.1) is 0 Å². The van der Waals surface area contributed by atoms with E-state index < -0.39 is 11.9 Å². The SMILES string of the molecule is CN(C)CCN(CC(=O)O)C(=O)Cn1cc(Br)ccc1=O. The molecule has 1 N–H and O–H groups in total. The van der Waals surface area contributed by atoms with E-state index >= 15 is 0 Å². The van der Waals surface area contributed by atoms with Gasteiger partial charge in [-0.1, -0.05) is 0 Å². The largest absolute Gasteiger partial charge is 0.480 e. The minimum Gasteiger partial charge on any atom is -0.480 e. The molecule has 1 aromatic heterocycles. The van der Waals surface area contributed by atoms with Crippen molar-refractivity contribution in [3.8, 4) is 0 Å². The summed E-state index contributed by atoms with van der Waals surface area (Å²) in [5.74, 6) is -1.48. The molecule has 0 bridgehead atoms. The minimum atomic E-state index is -1.08. The van der Waals surface area contributed by atoms with Crippen LogP contribution >= 0.6 is 15.9 Å². The smallest absolute Gasteiger partial charge is 0.323 e. The van der Waals surface area contributed by atoms with Gasteiger partial charge >= 0.3 is 5.97 Å². The van der Waals surface area contributed by atoms with Crippen LogP contribution in [-0.2, 0) is 16.1 Å². The maximum Gasteiger partial charge on any atom is 0.323 e. The van der Waals surface area contributed by atoms with Crippen molar-refractivity contribution in [3.63, 3.8) is 0 Å².